The van der Waals surface area contributed by atoms with Crippen LogP contribution >= 0.6 is 0 Å². The smallest absolute Gasteiger partial charge is 0.261 e. The molecule has 0 aliphatic heterocycles. The summed E-state index contributed by atoms with van der Waals surface area (Å²) in [6, 6.07) is 17.1. The van der Waals surface area contributed by atoms with E-state index in [1.807, 2.05) is 6.92 Å². The highest BCUT2D eigenvalue weighted by Gasteiger charge is 2.28. The zero-order chi connectivity index (χ0) is 24.5. The van der Waals surface area contributed by atoms with E-state index in [-0.39, 0.29) is 21.4 Å². The molecular formula is C24H25N3O5S2. The molecule has 1 amide bonds. The van der Waals surface area contributed by atoms with Crippen LogP contribution in [-0.4, -0.2) is 28.8 Å². The number of amides is 1. The van der Waals surface area contributed by atoms with E-state index in [9.17, 15) is 21.6 Å². The fourth-order valence-electron chi connectivity index (χ4n) is 3.25. The summed E-state index contributed by atoms with van der Waals surface area (Å²) in [5, 5.41) is 2.73. The van der Waals surface area contributed by atoms with Crippen LogP contribution in [0.2, 0.25) is 0 Å². The Morgan fingerprint density at radius 3 is 1.97 bits per heavy atom. The number of nitrogens with one attached hydrogen (secondary N) is 3. The molecule has 0 unspecified atom stereocenters. The minimum absolute atomic E-state index is 0.0366. The van der Waals surface area contributed by atoms with Crippen LogP contribution in [0.15, 0.2) is 76.5 Å². The monoisotopic (exact) mass is 499 g/mol. The van der Waals surface area contributed by atoms with Crippen LogP contribution in [-0.2, 0) is 20.0 Å². The number of hydrogen-bond acceptors (Lipinski definition) is 5. The molecule has 0 saturated heterocycles. The minimum atomic E-state index is -3.74. The van der Waals surface area contributed by atoms with Gasteiger partial charge < -0.3 is 5.32 Å². The van der Waals surface area contributed by atoms with Crippen molar-refractivity contribution in [2.24, 2.45) is 0 Å². The molecule has 1 saturated carbocycles. The lowest BCUT2D eigenvalue weighted by Gasteiger charge is -2.12. The van der Waals surface area contributed by atoms with Crippen LogP contribution in [0.25, 0.3) is 0 Å². The lowest BCUT2D eigenvalue weighted by Crippen LogP contribution is -2.26. The third-order valence-corrected chi connectivity index (χ3v) is 8.30. The summed E-state index contributed by atoms with van der Waals surface area (Å²) in [4.78, 5) is 13.0. The van der Waals surface area contributed by atoms with Crippen LogP contribution in [0.5, 0.6) is 0 Å². The van der Waals surface area contributed by atoms with Gasteiger partial charge in [-0.05, 0) is 80.8 Å². The average Bonchev–Trinajstić information content (AvgIpc) is 3.58. The zero-order valence-corrected chi connectivity index (χ0v) is 20.3. The van der Waals surface area contributed by atoms with Crippen LogP contribution in [0.1, 0.15) is 34.3 Å². The topological polar surface area (TPSA) is 121 Å². The maximum absolute atomic E-state index is 12.8. The fraction of sp³-hybridized carbons (Fsp3) is 0.208. The Balaban J connectivity index is 1.47. The largest absolute Gasteiger partial charge is 0.322 e. The summed E-state index contributed by atoms with van der Waals surface area (Å²) in [5.74, 6) is -0.464. The SMILES string of the molecule is Cc1ccc(S(=O)(=O)Nc2ccc(NC(=O)c3cc(S(=O)(=O)NC4CC4)ccc3C)cc2)cc1. The van der Waals surface area contributed by atoms with E-state index in [0.29, 0.717) is 16.9 Å². The average molecular weight is 500 g/mol. The molecule has 178 valence electrons. The molecule has 3 N–H and O–H groups in total. The summed E-state index contributed by atoms with van der Waals surface area (Å²) in [6.07, 6.45) is 1.63. The molecule has 0 spiro atoms. The molecule has 3 aromatic carbocycles. The standard InChI is InChI=1S/C24H25N3O5S2/c1-16-3-12-21(13-4-16)33(29,30)26-19-8-6-18(7-9-19)25-24(28)23-15-22(14-5-17(23)2)34(31,32)27-20-10-11-20/h3-9,12-15,20,26-27H,10-11H2,1-2H3,(H,25,28). The van der Waals surface area contributed by atoms with E-state index in [1.165, 1.54) is 36.4 Å². The van der Waals surface area contributed by atoms with Gasteiger partial charge in [0, 0.05) is 23.0 Å². The molecule has 0 atom stereocenters. The maximum Gasteiger partial charge on any atom is 0.261 e. The first-order valence-corrected chi connectivity index (χ1v) is 13.6. The molecule has 1 aliphatic rings. The van der Waals surface area contributed by atoms with Crippen molar-refractivity contribution in [3.05, 3.63) is 83.4 Å². The number of anilines is 2. The van der Waals surface area contributed by atoms with Crippen LogP contribution in [0.4, 0.5) is 11.4 Å². The second-order valence-electron chi connectivity index (χ2n) is 8.32. The molecule has 34 heavy (non-hydrogen) atoms. The molecule has 3 aromatic rings. The second kappa shape index (κ2) is 9.21. The van der Waals surface area contributed by atoms with E-state index in [2.05, 4.69) is 14.8 Å². The molecule has 8 nitrogen and oxygen atoms in total. The van der Waals surface area contributed by atoms with Gasteiger partial charge in [-0.15, -0.1) is 0 Å². The summed E-state index contributed by atoms with van der Waals surface area (Å²) in [7, 11) is -7.42. The molecule has 4 rings (SSSR count). The Bertz CT molecular complexity index is 1430. The number of hydrogen-bond donors (Lipinski definition) is 3. The highest BCUT2D eigenvalue weighted by molar-refractivity contribution is 7.92. The van der Waals surface area contributed by atoms with Gasteiger partial charge in [0.15, 0.2) is 0 Å². The molecule has 0 aromatic heterocycles. The van der Waals surface area contributed by atoms with E-state index in [4.69, 9.17) is 0 Å². The van der Waals surface area contributed by atoms with Crippen molar-refractivity contribution >= 4 is 37.3 Å². The summed E-state index contributed by atoms with van der Waals surface area (Å²) in [5.41, 5.74) is 2.60. The molecule has 1 aliphatic carbocycles. The molecule has 0 heterocycles. The summed E-state index contributed by atoms with van der Waals surface area (Å²) in [6.45, 7) is 3.60. The number of carbonyl (C=O) groups excluding carboxylic acids is 1. The molecule has 0 bridgehead atoms. The van der Waals surface area contributed by atoms with Gasteiger partial charge in [0.2, 0.25) is 10.0 Å². The van der Waals surface area contributed by atoms with Gasteiger partial charge in [0.05, 0.1) is 9.79 Å². The van der Waals surface area contributed by atoms with Crippen LogP contribution in [0.3, 0.4) is 0 Å². The first-order valence-electron chi connectivity index (χ1n) is 10.7. The second-order valence-corrected chi connectivity index (χ2v) is 11.7. The number of aryl methyl sites for hydroxylation is 2. The Morgan fingerprint density at radius 2 is 1.35 bits per heavy atom. The van der Waals surface area contributed by atoms with Crippen LogP contribution in [0, 0.1) is 13.8 Å². The molecule has 1 fully saturated rings. The van der Waals surface area contributed by atoms with Gasteiger partial charge in [-0.25, -0.2) is 21.6 Å². The van der Waals surface area contributed by atoms with E-state index in [1.54, 1.807) is 37.3 Å². The van der Waals surface area contributed by atoms with Gasteiger partial charge in [0.25, 0.3) is 15.9 Å². The highest BCUT2D eigenvalue weighted by atomic mass is 32.2. The van der Waals surface area contributed by atoms with Crippen molar-refractivity contribution in [1.82, 2.24) is 4.72 Å². The van der Waals surface area contributed by atoms with Crippen molar-refractivity contribution in [2.45, 2.75) is 42.5 Å². The molecule has 0 radical (unpaired) electrons. The third-order valence-electron chi connectivity index (χ3n) is 5.39. The predicted octanol–water partition coefficient (Wildman–Crippen LogP) is 3.80. The quantitative estimate of drug-likeness (QED) is 0.435. The number of sulfonamides is 2. The lowest BCUT2D eigenvalue weighted by atomic mass is 10.1. The molecular weight excluding hydrogens is 474 g/mol. The normalized spacial score (nSPS) is 13.9. The number of rotatable bonds is 8. The van der Waals surface area contributed by atoms with E-state index in [0.717, 1.165) is 18.4 Å². The Kier molecular flexibility index (Phi) is 6.48. The maximum atomic E-state index is 12.8. The minimum Gasteiger partial charge on any atom is -0.322 e. The van der Waals surface area contributed by atoms with Gasteiger partial charge in [0.1, 0.15) is 0 Å². The molecule has 10 heteroatoms. The van der Waals surface area contributed by atoms with Crippen LogP contribution < -0.4 is 14.8 Å². The van der Waals surface area contributed by atoms with Gasteiger partial charge >= 0.3 is 0 Å². The van der Waals surface area contributed by atoms with Crippen molar-refractivity contribution in [1.29, 1.82) is 0 Å². The van der Waals surface area contributed by atoms with Gasteiger partial charge in [-0.2, -0.15) is 0 Å². The van der Waals surface area contributed by atoms with Crippen molar-refractivity contribution in [2.75, 3.05) is 10.0 Å². The first-order chi connectivity index (χ1) is 16.0. The Hall–Kier alpha value is -3.21. The fourth-order valence-corrected chi connectivity index (χ4v) is 5.64. The number of benzene rings is 3. The first kappa shape index (κ1) is 23.9. The summed E-state index contributed by atoms with van der Waals surface area (Å²) < 4.78 is 55.2. The van der Waals surface area contributed by atoms with E-state index < -0.39 is 26.0 Å². The van der Waals surface area contributed by atoms with Crippen molar-refractivity contribution in [3.63, 3.8) is 0 Å². The van der Waals surface area contributed by atoms with Gasteiger partial charge in [-0.1, -0.05) is 23.8 Å². The van der Waals surface area contributed by atoms with Crippen molar-refractivity contribution in [3.8, 4) is 0 Å². The highest BCUT2D eigenvalue weighted by Crippen LogP contribution is 2.24. The Morgan fingerprint density at radius 1 is 0.765 bits per heavy atom. The predicted molar refractivity (Wildman–Crippen MR) is 131 cm³/mol. The van der Waals surface area contributed by atoms with Crippen molar-refractivity contribution < 1.29 is 21.6 Å². The Labute approximate surface area is 199 Å². The zero-order valence-electron chi connectivity index (χ0n) is 18.7. The lowest BCUT2D eigenvalue weighted by molar-refractivity contribution is 0.102. The van der Waals surface area contributed by atoms with E-state index >= 15 is 0 Å². The summed E-state index contributed by atoms with van der Waals surface area (Å²) >= 11 is 0. The third kappa shape index (κ3) is 5.64. The van der Waals surface area contributed by atoms with Gasteiger partial charge in [-0.3, -0.25) is 9.52 Å². The number of carbonyl (C=O) groups is 1.